The second-order valence-electron chi connectivity index (χ2n) is 2.59. The van der Waals surface area contributed by atoms with Crippen LogP contribution in [0.2, 0.25) is 0 Å². The first kappa shape index (κ1) is 7.94. The van der Waals surface area contributed by atoms with Crippen LogP contribution in [0.3, 0.4) is 0 Å². The number of hydrogen-bond donors (Lipinski definition) is 3. The molecule has 0 aromatic carbocycles. The van der Waals surface area contributed by atoms with Gasteiger partial charge in [0.05, 0.1) is 12.7 Å². The Labute approximate surface area is 59.1 Å². The van der Waals surface area contributed by atoms with Crippen molar-refractivity contribution in [1.29, 1.82) is 0 Å². The average Bonchev–Trinajstić information content (AvgIpc) is 1.93. The van der Waals surface area contributed by atoms with Gasteiger partial charge in [-0.3, -0.25) is 0 Å². The number of rotatable bonds is 0. The molecule has 0 aromatic rings. The molecule has 1 heterocycles. The molecule has 0 amide bonds. The molecule has 4 atom stereocenters. The maximum atomic E-state index is 9.08. The van der Waals surface area contributed by atoms with Gasteiger partial charge in [0.1, 0.15) is 18.3 Å². The molecular weight excluding hydrogens is 136 g/mol. The molecule has 4 nitrogen and oxygen atoms in total. The Morgan fingerprint density at radius 2 is 1.80 bits per heavy atom. The van der Waals surface area contributed by atoms with E-state index in [2.05, 4.69) is 0 Å². The van der Waals surface area contributed by atoms with Gasteiger partial charge in [-0.05, 0) is 6.92 Å². The fraction of sp³-hybridized carbons (Fsp3) is 1.00. The monoisotopic (exact) mass is 148 g/mol. The summed E-state index contributed by atoms with van der Waals surface area (Å²) in [6, 6.07) is 0. The first-order valence-electron chi connectivity index (χ1n) is 3.28. The normalized spacial score (nSPS) is 49.2. The fourth-order valence-corrected chi connectivity index (χ4v) is 0.953. The van der Waals surface area contributed by atoms with Crippen LogP contribution in [-0.2, 0) is 4.74 Å². The molecule has 1 rings (SSSR count). The lowest BCUT2D eigenvalue weighted by atomic mass is 10.0. The molecule has 0 aromatic heterocycles. The maximum absolute atomic E-state index is 9.08. The summed E-state index contributed by atoms with van der Waals surface area (Å²) in [5.74, 6) is 0. The highest BCUT2D eigenvalue weighted by atomic mass is 16.5. The van der Waals surface area contributed by atoms with Gasteiger partial charge in [-0.25, -0.2) is 0 Å². The summed E-state index contributed by atoms with van der Waals surface area (Å²) in [6.45, 7) is 1.75. The van der Waals surface area contributed by atoms with E-state index in [0.717, 1.165) is 0 Å². The van der Waals surface area contributed by atoms with Crippen LogP contribution < -0.4 is 0 Å². The minimum Gasteiger partial charge on any atom is -0.388 e. The summed E-state index contributed by atoms with van der Waals surface area (Å²) < 4.78 is 4.91. The van der Waals surface area contributed by atoms with Gasteiger partial charge in [0.2, 0.25) is 0 Å². The lowest BCUT2D eigenvalue weighted by molar-refractivity contribution is -0.181. The lowest BCUT2D eigenvalue weighted by Crippen LogP contribution is -2.51. The van der Waals surface area contributed by atoms with Gasteiger partial charge in [0, 0.05) is 0 Å². The minimum atomic E-state index is -1.07. The lowest BCUT2D eigenvalue weighted by Gasteiger charge is -2.33. The molecule has 0 unspecified atom stereocenters. The number of ether oxygens (including phenoxy) is 1. The van der Waals surface area contributed by atoms with E-state index >= 15 is 0 Å². The number of aliphatic hydroxyl groups is 3. The van der Waals surface area contributed by atoms with Crippen LogP contribution >= 0.6 is 0 Å². The third-order valence-corrected chi connectivity index (χ3v) is 1.75. The summed E-state index contributed by atoms with van der Waals surface area (Å²) in [4.78, 5) is 0. The van der Waals surface area contributed by atoms with Crippen LogP contribution in [0.1, 0.15) is 6.92 Å². The van der Waals surface area contributed by atoms with Crippen molar-refractivity contribution in [3.05, 3.63) is 0 Å². The van der Waals surface area contributed by atoms with Crippen molar-refractivity contribution >= 4 is 0 Å². The van der Waals surface area contributed by atoms with E-state index in [-0.39, 0.29) is 6.61 Å². The van der Waals surface area contributed by atoms with E-state index in [1.807, 2.05) is 0 Å². The number of aliphatic hydroxyl groups excluding tert-OH is 3. The zero-order valence-corrected chi connectivity index (χ0v) is 5.77. The molecule has 1 aliphatic heterocycles. The largest absolute Gasteiger partial charge is 0.388 e. The van der Waals surface area contributed by atoms with Crippen LogP contribution in [-0.4, -0.2) is 46.3 Å². The predicted octanol–water partition coefficient (Wildman–Crippen LogP) is -1.51. The molecule has 1 aliphatic rings. The van der Waals surface area contributed by atoms with Crippen molar-refractivity contribution in [3.8, 4) is 0 Å². The fourth-order valence-electron chi connectivity index (χ4n) is 0.953. The molecule has 1 saturated heterocycles. The Bertz CT molecular complexity index is 102. The molecule has 0 spiro atoms. The van der Waals surface area contributed by atoms with Crippen molar-refractivity contribution in [3.63, 3.8) is 0 Å². The van der Waals surface area contributed by atoms with Crippen LogP contribution in [0.5, 0.6) is 0 Å². The van der Waals surface area contributed by atoms with E-state index in [1.54, 1.807) is 6.92 Å². The Kier molecular flexibility index (Phi) is 2.25. The van der Waals surface area contributed by atoms with Crippen LogP contribution in [0, 0.1) is 0 Å². The Morgan fingerprint density at radius 3 is 2.30 bits per heavy atom. The molecule has 10 heavy (non-hydrogen) atoms. The second kappa shape index (κ2) is 2.84. The first-order chi connectivity index (χ1) is 4.63. The summed E-state index contributed by atoms with van der Waals surface area (Å²) in [7, 11) is 0. The molecular formula is C6H12O4. The topological polar surface area (TPSA) is 69.9 Å². The summed E-state index contributed by atoms with van der Waals surface area (Å²) in [5, 5.41) is 27.0. The first-order valence-corrected chi connectivity index (χ1v) is 3.28. The van der Waals surface area contributed by atoms with E-state index < -0.39 is 24.4 Å². The average molecular weight is 148 g/mol. The number of hydrogen-bond acceptors (Lipinski definition) is 4. The van der Waals surface area contributed by atoms with Gasteiger partial charge in [-0.2, -0.15) is 0 Å². The third kappa shape index (κ3) is 1.29. The highest BCUT2D eigenvalue weighted by Gasteiger charge is 2.34. The smallest absolute Gasteiger partial charge is 0.110 e. The standard InChI is InChI=1S/C6H12O4/c1-3-5(8)6(9)4(7)2-10-3/h3-9H,2H2,1H3/t3-,4+,5-,6-/m1/s1. The van der Waals surface area contributed by atoms with Crippen LogP contribution in [0.25, 0.3) is 0 Å². The van der Waals surface area contributed by atoms with Gasteiger partial charge >= 0.3 is 0 Å². The van der Waals surface area contributed by atoms with E-state index in [1.165, 1.54) is 0 Å². The van der Waals surface area contributed by atoms with Crippen LogP contribution in [0.4, 0.5) is 0 Å². The minimum absolute atomic E-state index is 0.0966. The van der Waals surface area contributed by atoms with Gasteiger partial charge in [0.25, 0.3) is 0 Å². The van der Waals surface area contributed by atoms with E-state index in [4.69, 9.17) is 20.1 Å². The maximum Gasteiger partial charge on any atom is 0.110 e. The van der Waals surface area contributed by atoms with E-state index in [0.29, 0.717) is 0 Å². The van der Waals surface area contributed by atoms with Crippen LogP contribution in [0.15, 0.2) is 0 Å². The molecule has 3 N–H and O–H groups in total. The summed E-state index contributed by atoms with van der Waals surface area (Å²) in [5.41, 5.74) is 0. The molecule has 4 heteroatoms. The molecule has 0 bridgehead atoms. The van der Waals surface area contributed by atoms with Crippen molar-refractivity contribution in [2.75, 3.05) is 6.61 Å². The summed E-state index contributed by atoms with van der Waals surface area (Å²) >= 11 is 0. The molecule has 0 radical (unpaired) electrons. The Hall–Kier alpha value is -0.160. The second-order valence-corrected chi connectivity index (χ2v) is 2.59. The zero-order chi connectivity index (χ0) is 7.72. The highest BCUT2D eigenvalue weighted by molar-refractivity contribution is 4.83. The van der Waals surface area contributed by atoms with Gasteiger partial charge in [0.15, 0.2) is 0 Å². The molecule has 1 fully saturated rings. The molecule has 0 aliphatic carbocycles. The van der Waals surface area contributed by atoms with Crippen molar-refractivity contribution < 1.29 is 20.1 Å². The SMILES string of the molecule is C[C@H]1OC[C@H](O)[C@@H](O)[C@@H]1O. The predicted molar refractivity (Wildman–Crippen MR) is 33.4 cm³/mol. The molecule has 60 valence electrons. The van der Waals surface area contributed by atoms with Gasteiger partial charge < -0.3 is 20.1 Å². The zero-order valence-electron chi connectivity index (χ0n) is 5.77. The van der Waals surface area contributed by atoms with Gasteiger partial charge in [-0.1, -0.05) is 0 Å². The third-order valence-electron chi connectivity index (χ3n) is 1.75. The molecule has 0 saturated carbocycles. The summed E-state index contributed by atoms with van der Waals surface area (Å²) in [6.07, 6.45) is -3.38. The quantitative estimate of drug-likeness (QED) is 0.390. The van der Waals surface area contributed by atoms with Crippen molar-refractivity contribution in [2.24, 2.45) is 0 Å². The Morgan fingerprint density at radius 1 is 1.20 bits per heavy atom. The van der Waals surface area contributed by atoms with Gasteiger partial charge in [-0.15, -0.1) is 0 Å². The van der Waals surface area contributed by atoms with E-state index in [9.17, 15) is 0 Å². The highest BCUT2D eigenvalue weighted by Crippen LogP contribution is 2.14. The van der Waals surface area contributed by atoms with Crippen molar-refractivity contribution in [1.82, 2.24) is 0 Å². The van der Waals surface area contributed by atoms with Crippen molar-refractivity contribution in [2.45, 2.75) is 31.3 Å². The Balaban J connectivity index is 2.52.